The summed E-state index contributed by atoms with van der Waals surface area (Å²) in [5.41, 5.74) is 4.78. The van der Waals surface area contributed by atoms with Crippen molar-refractivity contribution in [1.82, 2.24) is 0 Å². The van der Waals surface area contributed by atoms with E-state index < -0.39 is 6.09 Å². The Bertz CT molecular complexity index is 104. The highest BCUT2D eigenvalue weighted by Gasteiger charge is 2.01. The molecule has 10 heavy (non-hydrogen) atoms. The summed E-state index contributed by atoms with van der Waals surface area (Å²) < 4.78 is 4.60. The van der Waals surface area contributed by atoms with Gasteiger partial charge in [0.25, 0.3) is 0 Å². The molecule has 0 aliphatic rings. The second-order valence-electron chi connectivity index (χ2n) is 2.52. The van der Waals surface area contributed by atoms with Crippen molar-refractivity contribution in [2.24, 2.45) is 11.7 Å². The maximum atomic E-state index is 10.1. The molecule has 0 heterocycles. The lowest BCUT2D eigenvalue weighted by molar-refractivity contribution is 0.137. The topological polar surface area (TPSA) is 52.3 Å². The SMILES string of the molecule is CCCC(C)COC(N)=O. The Hall–Kier alpha value is -0.730. The second-order valence-corrected chi connectivity index (χ2v) is 2.52. The van der Waals surface area contributed by atoms with Gasteiger partial charge in [-0.2, -0.15) is 0 Å². The van der Waals surface area contributed by atoms with E-state index in [4.69, 9.17) is 5.73 Å². The zero-order chi connectivity index (χ0) is 7.98. The third-order valence-electron chi connectivity index (χ3n) is 1.29. The average molecular weight is 145 g/mol. The summed E-state index contributed by atoms with van der Waals surface area (Å²) in [5, 5.41) is 0. The number of hydrogen-bond donors (Lipinski definition) is 1. The Morgan fingerprint density at radius 3 is 2.70 bits per heavy atom. The predicted molar refractivity (Wildman–Crippen MR) is 39.6 cm³/mol. The van der Waals surface area contributed by atoms with Gasteiger partial charge in [-0.3, -0.25) is 0 Å². The molecule has 0 saturated heterocycles. The van der Waals surface area contributed by atoms with Crippen molar-refractivity contribution in [3.63, 3.8) is 0 Å². The van der Waals surface area contributed by atoms with Crippen LogP contribution in [0, 0.1) is 5.92 Å². The van der Waals surface area contributed by atoms with Crippen LogP contribution in [-0.2, 0) is 4.74 Å². The molecule has 0 aromatic heterocycles. The third kappa shape index (κ3) is 5.41. The summed E-state index contributed by atoms with van der Waals surface area (Å²) in [6.07, 6.45) is 1.51. The van der Waals surface area contributed by atoms with Crippen LogP contribution in [0.15, 0.2) is 0 Å². The summed E-state index contributed by atoms with van der Waals surface area (Å²) in [7, 11) is 0. The molecule has 0 aromatic rings. The van der Waals surface area contributed by atoms with Crippen LogP contribution in [0.2, 0.25) is 0 Å². The first-order valence-corrected chi connectivity index (χ1v) is 3.59. The van der Waals surface area contributed by atoms with E-state index in [0.717, 1.165) is 12.8 Å². The molecule has 0 aromatic carbocycles. The van der Waals surface area contributed by atoms with Gasteiger partial charge in [0.05, 0.1) is 6.61 Å². The first-order valence-electron chi connectivity index (χ1n) is 3.59. The van der Waals surface area contributed by atoms with Gasteiger partial charge in [-0.15, -0.1) is 0 Å². The van der Waals surface area contributed by atoms with E-state index in [9.17, 15) is 4.79 Å². The second kappa shape index (κ2) is 5.09. The molecular formula is C7H15NO2. The van der Waals surface area contributed by atoms with Crippen LogP contribution in [0.25, 0.3) is 0 Å². The van der Waals surface area contributed by atoms with Crippen molar-refractivity contribution in [3.05, 3.63) is 0 Å². The summed E-state index contributed by atoms with van der Waals surface area (Å²) in [5.74, 6) is 0.428. The fourth-order valence-corrected chi connectivity index (χ4v) is 0.801. The van der Waals surface area contributed by atoms with Crippen molar-refractivity contribution in [2.45, 2.75) is 26.7 Å². The van der Waals surface area contributed by atoms with E-state index in [1.807, 2.05) is 6.92 Å². The Morgan fingerprint density at radius 1 is 1.70 bits per heavy atom. The van der Waals surface area contributed by atoms with Crippen molar-refractivity contribution in [3.8, 4) is 0 Å². The minimum Gasteiger partial charge on any atom is -0.449 e. The molecule has 0 fully saturated rings. The van der Waals surface area contributed by atoms with E-state index in [2.05, 4.69) is 11.7 Å². The van der Waals surface area contributed by atoms with Crippen molar-refractivity contribution < 1.29 is 9.53 Å². The molecule has 0 saturated carbocycles. The van der Waals surface area contributed by atoms with Crippen LogP contribution in [-0.4, -0.2) is 12.7 Å². The Morgan fingerprint density at radius 2 is 2.30 bits per heavy atom. The fourth-order valence-electron chi connectivity index (χ4n) is 0.801. The molecule has 1 unspecified atom stereocenters. The van der Waals surface area contributed by atoms with E-state index in [0.29, 0.717) is 12.5 Å². The van der Waals surface area contributed by atoms with Crippen LogP contribution < -0.4 is 5.73 Å². The lowest BCUT2D eigenvalue weighted by atomic mass is 10.1. The Labute approximate surface area is 61.5 Å². The molecule has 0 bridgehead atoms. The normalized spacial score (nSPS) is 12.6. The number of primary amides is 1. The number of rotatable bonds is 4. The highest BCUT2D eigenvalue weighted by atomic mass is 16.5. The Kier molecular flexibility index (Phi) is 4.72. The van der Waals surface area contributed by atoms with Gasteiger partial charge in [0.2, 0.25) is 0 Å². The summed E-state index contributed by atoms with van der Waals surface area (Å²) in [6.45, 7) is 4.58. The largest absolute Gasteiger partial charge is 0.449 e. The summed E-state index contributed by atoms with van der Waals surface area (Å²) in [6, 6.07) is 0. The molecular weight excluding hydrogens is 130 g/mol. The summed E-state index contributed by atoms with van der Waals surface area (Å²) >= 11 is 0. The van der Waals surface area contributed by atoms with E-state index in [1.54, 1.807) is 0 Å². The molecule has 60 valence electrons. The van der Waals surface area contributed by atoms with Gasteiger partial charge in [0.1, 0.15) is 0 Å². The van der Waals surface area contributed by atoms with Gasteiger partial charge >= 0.3 is 6.09 Å². The van der Waals surface area contributed by atoms with Gasteiger partial charge in [-0.25, -0.2) is 4.79 Å². The number of carbonyl (C=O) groups is 1. The van der Waals surface area contributed by atoms with Gasteiger partial charge in [0.15, 0.2) is 0 Å². The van der Waals surface area contributed by atoms with E-state index in [-0.39, 0.29) is 0 Å². The van der Waals surface area contributed by atoms with E-state index >= 15 is 0 Å². The molecule has 0 rings (SSSR count). The standard InChI is InChI=1S/C7H15NO2/c1-3-4-6(2)5-10-7(8)9/h6H,3-5H2,1-2H3,(H2,8,9). The van der Waals surface area contributed by atoms with Gasteiger partial charge in [-0.05, 0) is 12.3 Å². The van der Waals surface area contributed by atoms with Crippen molar-refractivity contribution in [1.29, 1.82) is 0 Å². The fraction of sp³-hybridized carbons (Fsp3) is 0.857. The predicted octanol–water partition coefficient (Wildman–Crippen LogP) is 1.52. The lowest BCUT2D eigenvalue weighted by Crippen LogP contribution is -2.17. The van der Waals surface area contributed by atoms with Crippen LogP contribution in [0.4, 0.5) is 4.79 Å². The molecule has 0 aliphatic heterocycles. The van der Waals surface area contributed by atoms with Gasteiger partial charge in [-0.1, -0.05) is 20.3 Å². The molecule has 0 aliphatic carbocycles. The maximum Gasteiger partial charge on any atom is 0.404 e. The molecule has 1 atom stereocenters. The number of nitrogens with two attached hydrogens (primary N) is 1. The molecule has 0 spiro atoms. The number of amides is 1. The Balaban J connectivity index is 3.21. The highest BCUT2D eigenvalue weighted by Crippen LogP contribution is 2.04. The molecule has 3 heteroatoms. The zero-order valence-corrected chi connectivity index (χ0v) is 6.59. The number of ether oxygens (including phenoxy) is 1. The molecule has 3 nitrogen and oxygen atoms in total. The van der Waals surface area contributed by atoms with E-state index in [1.165, 1.54) is 0 Å². The number of carbonyl (C=O) groups excluding carboxylic acids is 1. The zero-order valence-electron chi connectivity index (χ0n) is 6.59. The minimum atomic E-state index is -0.678. The van der Waals surface area contributed by atoms with Crippen LogP contribution in [0.3, 0.4) is 0 Å². The monoisotopic (exact) mass is 145 g/mol. The molecule has 1 amide bonds. The van der Waals surface area contributed by atoms with Crippen molar-refractivity contribution >= 4 is 6.09 Å². The lowest BCUT2D eigenvalue weighted by Gasteiger charge is -2.08. The first kappa shape index (κ1) is 9.27. The minimum absolute atomic E-state index is 0.428. The third-order valence-corrected chi connectivity index (χ3v) is 1.29. The average Bonchev–Trinajstić information content (AvgIpc) is 1.85. The van der Waals surface area contributed by atoms with Crippen LogP contribution in [0.5, 0.6) is 0 Å². The molecule has 0 radical (unpaired) electrons. The highest BCUT2D eigenvalue weighted by molar-refractivity contribution is 5.64. The smallest absolute Gasteiger partial charge is 0.404 e. The van der Waals surface area contributed by atoms with Crippen LogP contribution >= 0.6 is 0 Å². The van der Waals surface area contributed by atoms with Gasteiger partial charge in [0, 0.05) is 0 Å². The summed E-state index contributed by atoms with van der Waals surface area (Å²) in [4.78, 5) is 10.1. The van der Waals surface area contributed by atoms with Gasteiger partial charge < -0.3 is 10.5 Å². The quantitative estimate of drug-likeness (QED) is 0.652. The number of hydrogen-bond acceptors (Lipinski definition) is 2. The molecule has 2 N–H and O–H groups in total. The maximum absolute atomic E-state index is 10.1. The first-order chi connectivity index (χ1) is 4.66. The van der Waals surface area contributed by atoms with Crippen molar-refractivity contribution in [2.75, 3.05) is 6.61 Å². The van der Waals surface area contributed by atoms with Crippen LogP contribution in [0.1, 0.15) is 26.7 Å².